The zero-order valence-electron chi connectivity index (χ0n) is 19.2. The van der Waals surface area contributed by atoms with Crippen molar-refractivity contribution in [3.63, 3.8) is 0 Å². The van der Waals surface area contributed by atoms with Crippen LogP contribution >= 0.6 is 0 Å². The zero-order chi connectivity index (χ0) is 23.6. The van der Waals surface area contributed by atoms with Crippen molar-refractivity contribution >= 4 is 27.4 Å². The SMILES string of the molecule is COCCS(=O)(=O)N1CC2C=C(C3=C4NN=C5C=Cc6cc(F)cc(c65)C4=CN(C)C3)CC2C1. The standard InChI is InChI=1S/C25H27FN4O3S/c1-29-13-21(16-7-17-11-30(12-18(17)8-16)34(31,32)6-5-33-2)25-22(14-29)20-10-19(26)9-15-3-4-23(24(15)20)27-28-25/h3-4,7,9-10,14,17-18,28H,5-6,8,11-13H2,1-2H3. The van der Waals surface area contributed by atoms with Crippen molar-refractivity contribution in [2.45, 2.75) is 6.42 Å². The minimum atomic E-state index is -3.30. The predicted octanol–water partition coefficient (Wildman–Crippen LogP) is 2.55. The van der Waals surface area contributed by atoms with Gasteiger partial charge >= 0.3 is 0 Å². The Morgan fingerprint density at radius 3 is 2.91 bits per heavy atom. The third-order valence-corrected chi connectivity index (χ3v) is 9.17. The molecule has 5 aliphatic rings. The molecule has 6 rings (SSSR count). The van der Waals surface area contributed by atoms with E-state index in [0.717, 1.165) is 45.7 Å². The van der Waals surface area contributed by atoms with E-state index in [1.54, 1.807) is 16.4 Å². The predicted molar refractivity (Wildman–Crippen MR) is 130 cm³/mol. The van der Waals surface area contributed by atoms with Crippen molar-refractivity contribution in [2.24, 2.45) is 16.9 Å². The number of rotatable bonds is 5. The fourth-order valence-corrected chi connectivity index (χ4v) is 7.23. The molecule has 1 N–H and O–H groups in total. The molecule has 1 aromatic carbocycles. The maximum atomic E-state index is 14.5. The second-order valence-corrected chi connectivity index (χ2v) is 11.7. The van der Waals surface area contributed by atoms with E-state index in [1.807, 2.05) is 19.2 Å². The summed E-state index contributed by atoms with van der Waals surface area (Å²) >= 11 is 0. The van der Waals surface area contributed by atoms with Crippen LogP contribution in [0.1, 0.15) is 23.1 Å². The Bertz CT molecular complexity index is 1340. The van der Waals surface area contributed by atoms with Gasteiger partial charge in [0, 0.05) is 51.1 Å². The van der Waals surface area contributed by atoms with Gasteiger partial charge in [-0.1, -0.05) is 12.2 Å². The summed E-state index contributed by atoms with van der Waals surface area (Å²) in [7, 11) is 0.237. The number of hydrogen-bond donors (Lipinski definition) is 1. The number of nitrogens with zero attached hydrogens (tertiary/aromatic N) is 3. The number of nitrogens with one attached hydrogen (secondary N) is 1. The number of benzene rings is 1. The van der Waals surface area contributed by atoms with Gasteiger partial charge in [0.05, 0.1) is 23.8 Å². The monoisotopic (exact) mass is 482 g/mol. The molecule has 0 amide bonds. The van der Waals surface area contributed by atoms with Crippen LogP contribution in [0.25, 0.3) is 11.6 Å². The van der Waals surface area contributed by atoms with E-state index in [9.17, 15) is 12.8 Å². The van der Waals surface area contributed by atoms with Gasteiger partial charge in [-0.25, -0.2) is 17.1 Å². The molecule has 0 spiro atoms. The van der Waals surface area contributed by atoms with Gasteiger partial charge in [-0.2, -0.15) is 5.10 Å². The number of likely N-dealkylation sites (N-methyl/N-ethyl adjacent to an activating group) is 1. The molecule has 1 saturated heterocycles. The molecule has 1 aromatic rings. The van der Waals surface area contributed by atoms with Crippen LogP contribution in [0.4, 0.5) is 4.39 Å². The van der Waals surface area contributed by atoms with E-state index in [2.05, 4.69) is 27.7 Å². The Morgan fingerprint density at radius 2 is 2.12 bits per heavy atom. The lowest BCUT2D eigenvalue weighted by atomic mass is 9.88. The molecule has 0 bridgehead atoms. The smallest absolute Gasteiger partial charge is 0.216 e. The largest absolute Gasteiger partial charge is 0.384 e. The molecular formula is C25H27FN4O3S. The quantitative estimate of drug-likeness (QED) is 0.698. The summed E-state index contributed by atoms with van der Waals surface area (Å²) in [6.07, 6.45) is 8.94. The molecular weight excluding hydrogens is 455 g/mol. The van der Waals surface area contributed by atoms with Crippen LogP contribution in [-0.4, -0.2) is 69.5 Å². The highest BCUT2D eigenvalue weighted by molar-refractivity contribution is 7.89. The molecule has 9 heteroatoms. The van der Waals surface area contributed by atoms with Gasteiger partial charge in [0.1, 0.15) is 5.82 Å². The molecule has 2 aliphatic carbocycles. The third kappa shape index (κ3) is 3.45. The topological polar surface area (TPSA) is 74.2 Å². The van der Waals surface area contributed by atoms with Crippen molar-refractivity contribution in [1.82, 2.24) is 14.6 Å². The van der Waals surface area contributed by atoms with Crippen LogP contribution in [0.3, 0.4) is 0 Å². The number of hydrazone groups is 1. The summed E-state index contributed by atoms with van der Waals surface area (Å²) in [5.41, 5.74) is 11.0. The summed E-state index contributed by atoms with van der Waals surface area (Å²) < 4.78 is 46.3. The maximum absolute atomic E-state index is 14.5. The first-order chi connectivity index (χ1) is 16.3. The highest BCUT2D eigenvalue weighted by atomic mass is 32.2. The van der Waals surface area contributed by atoms with Crippen molar-refractivity contribution in [3.8, 4) is 0 Å². The lowest BCUT2D eigenvalue weighted by Crippen LogP contribution is -2.33. The fraction of sp³-hybridized carbons (Fsp3) is 0.400. The molecule has 34 heavy (non-hydrogen) atoms. The number of sulfonamides is 1. The second-order valence-electron chi connectivity index (χ2n) is 9.62. The lowest BCUT2D eigenvalue weighted by Gasteiger charge is -2.29. The Hall–Kier alpha value is -2.75. The summed E-state index contributed by atoms with van der Waals surface area (Å²) in [5.74, 6) is 0.219. The second kappa shape index (κ2) is 7.90. The minimum Gasteiger partial charge on any atom is -0.384 e. The highest BCUT2D eigenvalue weighted by Gasteiger charge is 2.42. The number of hydrogen-bond acceptors (Lipinski definition) is 6. The number of fused-ring (bicyclic) bond motifs is 3. The average Bonchev–Trinajstić information content (AvgIpc) is 3.46. The Labute approximate surface area is 199 Å². The Morgan fingerprint density at radius 1 is 1.26 bits per heavy atom. The van der Waals surface area contributed by atoms with Crippen LogP contribution in [0.2, 0.25) is 0 Å². The van der Waals surface area contributed by atoms with Gasteiger partial charge in [0.25, 0.3) is 0 Å². The zero-order valence-corrected chi connectivity index (χ0v) is 20.0. The number of methoxy groups -OCH3 is 1. The van der Waals surface area contributed by atoms with E-state index in [0.29, 0.717) is 19.6 Å². The average molecular weight is 483 g/mol. The number of ether oxygens (including phenoxy) is 1. The molecule has 0 radical (unpaired) electrons. The van der Waals surface area contributed by atoms with Crippen LogP contribution < -0.4 is 5.43 Å². The summed E-state index contributed by atoms with van der Waals surface area (Å²) in [6, 6.07) is 3.14. The van der Waals surface area contributed by atoms with Gasteiger partial charge < -0.3 is 9.64 Å². The van der Waals surface area contributed by atoms with Crippen LogP contribution in [0, 0.1) is 17.7 Å². The molecule has 7 nitrogen and oxygen atoms in total. The summed E-state index contributed by atoms with van der Waals surface area (Å²) in [4.78, 5) is 2.12. The molecule has 1 fully saturated rings. The van der Waals surface area contributed by atoms with Crippen molar-refractivity contribution in [2.75, 3.05) is 46.2 Å². The van der Waals surface area contributed by atoms with Crippen LogP contribution in [-0.2, 0) is 14.8 Å². The van der Waals surface area contributed by atoms with Gasteiger partial charge in [-0.3, -0.25) is 5.43 Å². The number of halogens is 1. The molecule has 3 heterocycles. The van der Waals surface area contributed by atoms with E-state index >= 15 is 0 Å². The van der Waals surface area contributed by atoms with E-state index < -0.39 is 10.0 Å². The number of allylic oxidation sites excluding steroid dienone is 2. The van der Waals surface area contributed by atoms with Gasteiger partial charge in [-0.15, -0.1) is 0 Å². The molecule has 2 atom stereocenters. The van der Waals surface area contributed by atoms with E-state index in [-0.39, 0.29) is 30.0 Å². The first-order valence-electron chi connectivity index (χ1n) is 11.5. The van der Waals surface area contributed by atoms with E-state index in [4.69, 9.17) is 4.74 Å². The first-order valence-corrected chi connectivity index (χ1v) is 13.1. The van der Waals surface area contributed by atoms with Crippen molar-refractivity contribution < 1.29 is 17.5 Å². The lowest BCUT2D eigenvalue weighted by molar-refractivity contribution is 0.215. The highest BCUT2D eigenvalue weighted by Crippen LogP contribution is 2.44. The molecule has 2 unspecified atom stereocenters. The van der Waals surface area contributed by atoms with Crippen LogP contribution in [0.15, 0.2) is 52.4 Å². The van der Waals surface area contributed by atoms with Crippen LogP contribution in [0.5, 0.6) is 0 Å². The maximum Gasteiger partial charge on any atom is 0.216 e. The Kier molecular flexibility index (Phi) is 5.05. The van der Waals surface area contributed by atoms with Gasteiger partial charge in [-0.05, 0) is 58.7 Å². The fourth-order valence-electron chi connectivity index (χ4n) is 5.77. The Balaban J connectivity index is 1.35. The minimum absolute atomic E-state index is 0.0183. The van der Waals surface area contributed by atoms with Gasteiger partial charge in [0.2, 0.25) is 10.0 Å². The first kappa shape index (κ1) is 21.8. The molecule has 0 saturated carbocycles. The molecule has 0 aromatic heterocycles. The molecule has 178 valence electrons. The van der Waals surface area contributed by atoms with Crippen molar-refractivity contribution in [3.05, 3.63) is 69.8 Å². The normalized spacial score (nSPS) is 25.4. The van der Waals surface area contributed by atoms with E-state index in [1.165, 1.54) is 12.7 Å². The molecule has 3 aliphatic heterocycles. The third-order valence-electron chi connectivity index (χ3n) is 7.40. The summed E-state index contributed by atoms with van der Waals surface area (Å²) in [5, 5.41) is 4.65. The van der Waals surface area contributed by atoms with Gasteiger partial charge in [0.15, 0.2) is 0 Å². The summed E-state index contributed by atoms with van der Waals surface area (Å²) in [6.45, 7) is 1.97. The van der Waals surface area contributed by atoms with Crippen molar-refractivity contribution in [1.29, 1.82) is 0 Å².